The Kier molecular flexibility index (Phi) is 31.4. The second-order valence-corrected chi connectivity index (χ2v) is 19.7. The summed E-state index contributed by atoms with van der Waals surface area (Å²) in [6.45, 7) is 3.45. The highest BCUT2D eigenvalue weighted by Gasteiger charge is 2.51. The van der Waals surface area contributed by atoms with Crippen LogP contribution in [0.1, 0.15) is 212 Å². The van der Waals surface area contributed by atoms with Crippen LogP contribution in [-0.2, 0) is 28.5 Å². The second-order valence-electron chi connectivity index (χ2n) is 19.7. The molecule has 0 radical (unpaired) electrons. The lowest BCUT2D eigenvalue weighted by atomic mass is 9.98. The molecule has 404 valence electrons. The Hall–Kier alpha value is -4.88. The van der Waals surface area contributed by atoms with Crippen LogP contribution in [0.3, 0.4) is 0 Å². The van der Waals surface area contributed by atoms with E-state index >= 15 is 0 Å². The predicted molar refractivity (Wildman–Crippen MR) is 287 cm³/mol. The highest BCUT2D eigenvalue weighted by molar-refractivity contribution is 5.91. The summed E-state index contributed by atoms with van der Waals surface area (Å²) in [6.07, 6.45) is 24.7. The number of hydrogen-bond donors (Lipinski definition) is 3. The number of aliphatic hydroxyl groups is 2. The lowest BCUT2D eigenvalue weighted by molar-refractivity contribution is -0.300. The number of esters is 3. The molecule has 1 aliphatic rings. The first-order valence-corrected chi connectivity index (χ1v) is 28.1. The summed E-state index contributed by atoms with van der Waals surface area (Å²) in [6, 6.07) is 24.0. The van der Waals surface area contributed by atoms with Gasteiger partial charge in [0.2, 0.25) is 5.91 Å². The Bertz CT molecular complexity index is 1950. The number of hydrogen-bond acceptors (Lipinski definition) is 11. The topological polar surface area (TPSA) is 167 Å². The van der Waals surface area contributed by atoms with E-state index in [1.165, 1.54) is 109 Å². The summed E-state index contributed by atoms with van der Waals surface area (Å²) in [7, 11) is 0. The molecule has 3 aromatic rings. The molecule has 4 rings (SSSR count). The van der Waals surface area contributed by atoms with Gasteiger partial charge in [0.25, 0.3) is 0 Å². The van der Waals surface area contributed by atoms with Crippen molar-refractivity contribution in [1.82, 2.24) is 5.32 Å². The van der Waals surface area contributed by atoms with Crippen LogP contribution in [-0.4, -0.2) is 90.1 Å². The number of nitrogens with one attached hydrogen (secondary N) is 1. The van der Waals surface area contributed by atoms with E-state index in [9.17, 15) is 29.4 Å². The van der Waals surface area contributed by atoms with E-state index in [2.05, 4.69) is 19.2 Å². The van der Waals surface area contributed by atoms with Gasteiger partial charge in [-0.25, -0.2) is 14.4 Å². The van der Waals surface area contributed by atoms with Crippen molar-refractivity contribution in [3.8, 4) is 0 Å². The molecule has 0 unspecified atom stereocenters. The third kappa shape index (κ3) is 24.3. The molecular weight excluding hydrogens is 923 g/mol. The van der Waals surface area contributed by atoms with E-state index < -0.39 is 67.4 Å². The van der Waals surface area contributed by atoms with Crippen molar-refractivity contribution in [2.75, 3.05) is 13.2 Å². The van der Waals surface area contributed by atoms with E-state index in [0.717, 1.165) is 44.9 Å². The zero-order valence-corrected chi connectivity index (χ0v) is 44.2. The van der Waals surface area contributed by atoms with Gasteiger partial charge < -0.3 is 39.2 Å². The van der Waals surface area contributed by atoms with Gasteiger partial charge in [-0.15, -0.1) is 0 Å². The van der Waals surface area contributed by atoms with E-state index in [1.54, 1.807) is 97.1 Å². The average molecular weight is 1010 g/mol. The van der Waals surface area contributed by atoms with Crippen molar-refractivity contribution < 1.29 is 53.1 Å². The molecule has 12 heteroatoms. The fourth-order valence-electron chi connectivity index (χ4n) is 9.14. The number of aliphatic hydroxyl groups excluding tert-OH is 2. The molecule has 0 aliphatic carbocycles. The predicted octanol–water partition coefficient (Wildman–Crippen LogP) is 13.0. The van der Waals surface area contributed by atoms with E-state index in [1.807, 2.05) is 6.08 Å². The number of benzene rings is 3. The maximum absolute atomic E-state index is 13.9. The molecule has 1 aliphatic heterocycles. The zero-order chi connectivity index (χ0) is 52.1. The van der Waals surface area contributed by atoms with Crippen LogP contribution in [0.2, 0.25) is 0 Å². The van der Waals surface area contributed by atoms with Crippen molar-refractivity contribution in [3.05, 3.63) is 120 Å². The number of rotatable bonds is 39. The number of allylic oxidation sites excluding steroid dienone is 1. The third-order valence-electron chi connectivity index (χ3n) is 13.5. The Morgan fingerprint density at radius 1 is 0.562 bits per heavy atom. The highest BCUT2D eigenvalue weighted by atomic mass is 16.7. The van der Waals surface area contributed by atoms with Gasteiger partial charge in [-0.05, 0) is 61.7 Å². The molecule has 0 spiro atoms. The molecule has 0 aromatic heterocycles. The van der Waals surface area contributed by atoms with Crippen molar-refractivity contribution >= 4 is 23.8 Å². The van der Waals surface area contributed by atoms with Crippen LogP contribution in [0, 0.1) is 0 Å². The van der Waals surface area contributed by atoms with Crippen LogP contribution < -0.4 is 5.32 Å². The molecule has 1 heterocycles. The van der Waals surface area contributed by atoms with Gasteiger partial charge in [-0.3, -0.25) is 4.79 Å². The number of ether oxygens (including phenoxy) is 5. The smallest absolute Gasteiger partial charge is 0.338 e. The fourth-order valence-corrected chi connectivity index (χ4v) is 9.14. The van der Waals surface area contributed by atoms with Gasteiger partial charge in [0.1, 0.15) is 18.3 Å². The lowest BCUT2D eigenvalue weighted by Gasteiger charge is -2.43. The van der Waals surface area contributed by atoms with Crippen molar-refractivity contribution in [2.45, 2.75) is 224 Å². The molecule has 0 saturated carbocycles. The average Bonchev–Trinajstić information content (AvgIpc) is 3.41. The van der Waals surface area contributed by atoms with Crippen molar-refractivity contribution in [2.24, 2.45) is 0 Å². The molecule has 73 heavy (non-hydrogen) atoms. The minimum Gasteiger partial charge on any atom is -0.452 e. The third-order valence-corrected chi connectivity index (χ3v) is 13.5. The van der Waals surface area contributed by atoms with Crippen LogP contribution >= 0.6 is 0 Å². The lowest BCUT2D eigenvalue weighted by Crippen LogP contribution is -2.62. The van der Waals surface area contributed by atoms with Crippen LogP contribution in [0.4, 0.5) is 0 Å². The SMILES string of the molecule is CCCCCCCCCCCCC/C=C/[C@@H](OC(=O)c1ccccc1)[C@H](CO[C@@H]1O[C@H](CO)[C@@H](O)[C@H](OC(=O)c2ccccc2)[C@H]1OC(=O)c1ccccc1)NC(=O)CCCCCCCCCCCCCCC. The molecule has 3 N–H and O–H groups in total. The molecule has 1 saturated heterocycles. The maximum Gasteiger partial charge on any atom is 0.338 e. The van der Waals surface area contributed by atoms with Crippen LogP contribution in [0.25, 0.3) is 0 Å². The molecule has 1 fully saturated rings. The van der Waals surface area contributed by atoms with Gasteiger partial charge in [-0.1, -0.05) is 216 Å². The molecule has 0 bridgehead atoms. The maximum atomic E-state index is 13.9. The van der Waals surface area contributed by atoms with Gasteiger partial charge in [0.15, 0.2) is 18.5 Å². The second kappa shape index (κ2) is 37.8. The van der Waals surface area contributed by atoms with E-state index in [4.69, 9.17) is 23.7 Å². The zero-order valence-electron chi connectivity index (χ0n) is 44.2. The first kappa shape index (κ1) is 60.7. The normalized spacial score (nSPS) is 18.5. The number of amides is 1. The first-order valence-electron chi connectivity index (χ1n) is 28.1. The van der Waals surface area contributed by atoms with Crippen molar-refractivity contribution in [3.63, 3.8) is 0 Å². The van der Waals surface area contributed by atoms with Crippen LogP contribution in [0.5, 0.6) is 0 Å². The van der Waals surface area contributed by atoms with Gasteiger partial charge >= 0.3 is 17.9 Å². The minimum atomic E-state index is -1.64. The number of unbranched alkanes of at least 4 members (excludes halogenated alkanes) is 23. The van der Waals surface area contributed by atoms with E-state index in [-0.39, 0.29) is 30.1 Å². The van der Waals surface area contributed by atoms with Gasteiger partial charge in [0.05, 0.1) is 35.9 Å². The molecule has 1 amide bonds. The summed E-state index contributed by atoms with van der Waals surface area (Å²) in [5, 5.41) is 25.1. The van der Waals surface area contributed by atoms with Crippen molar-refractivity contribution in [1.29, 1.82) is 0 Å². The van der Waals surface area contributed by atoms with E-state index in [0.29, 0.717) is 12.0 Å². The summed E-state index contributed by atoms with van der Waals surface area (Å²) < 4.78 is 30.6. The van der Waals surface area contributed by atoms with Crippen LogP contribution in [0.15, 0.2) is 103 Å². The molecular formula is C61H89NO11. The number of carbonyl (C=O) groups is 4. The highest BCUT2D eigenvalue weighted by Crippen LogP contribution is 2.29. The van der Waals surface area contributed by atoms with Gasteiger partial charge in [0, 0.05) is 6.42 Å². The summed E-state index contributed by atoms with van der Waals surface area (Å²) in [5.74, 6) is -2.47. The van der Waals surface area contributed by atoms with Gasteiger partial charge in [-0.2, -0.15) is 0 Å². The monoisotopic (exact) mass is 1010 g/mol. The standard InChI is InChI=1S/C61H89NO11/c1-3-5-7-9-11-13-15-17-19-21-23-25-36-44-52(70-58(66)48-38-30-27-31-39-48)51(62-54(64)45-37-26-24-22-20-18-16-14-12-10-8-6-4-2)47-69-61-57(73-60(68)50-42-34-29-35-43-50)56(55(65)53(46-63)71-61)72-59(67)49-40-32-28-33-41-49/h27-36,38-44,51-53,55-57,61,63,65H,3-26,37,45-47H2,1-2H3,(H,62,64)/b44-36+/t51-,52+,53+,55+,56-,57+,61+/m0/s1. The Morgan fingerprint density at radius 2 is 0.973 bits per heavy atom. The fraction of sp³-hybridized carbons (Fsp3) is 0.607. The summed E-state index contributed by atoms with van der Waals surface area (Å²) in [4.78, 5) is 54.9. The minimum absolute atomic E-state index is 0.182. The Labute approximate surface area is 437 Å². The molecule has 3 aromatic carbocycles. The molecule has 12 nitrogen and oxygen atoms in total. The first-order chi connectivity index (χ1) is 35.7. The largest absolute Gasteiger partial charge is 0.452 e. The Morgan fingerprint density at radius 3 is 1.42 bits per heavy atom. The molecule has 7 atom stereocenters. The summed E-state index contributed by atoms with van der Waals surface area (Å²) >= 11 is 0. The number of carbonyl (C=O) groups excluding carboxylic acids is 4. The Balaban J connectivity index is 1.52. The summed E-state index contributed by atoms with van der Waals surface area (Å²) in [5.41, 5.74) is 0.694. The quantitative estimate of drug-likeness (QED) is 0.0215.